The summed E-state index contributed by atoms with van der Waals surface area (Å²) in [6, 6.07) is 17.7. The molecular formula is C20H15N7. The molecule has 0 aliphatic carbocycles. The number of benzene rings is 2. The van der Waals surface area contributed by atoms with Gasteiger partial charge in [0.1, 0.15) is 11.3 Å². The Hall–Kier alpha value is -3.87. The zero-order valence-corrected chi connectivity index (χ0v) is 14.5. The molecule has 130 valence electrons. The van der Waals surface area contributed by atoms with E-state index in [0.29, 0.717) is 5.82 Å². The highest BCUT2D eigenvalue weighted by Crippen LogP contribution is 2.28. The van der Waals surface area contributed by atoms with Gasteiger partial charge in [0.2, 0.25) is 0 Å². The molecular weight excluding hydrogens is 338 g/mol. The van der Waals surface area contributed by atoms with E-state index in [1.165, 1.54) is 0 Å². The van der Waals surface area contributed by atoms with Crippen LogP contribution < -0.4 is 5.32 Å². The van der Waals surface area contributed by atoms with Gasteiger partial charge in [-0.2, -0.15) is 0 Å². The Balaban J connectivity index is 1.64. The first-order chi connectivity index (χ1) is 13.3. The van der Waals surface area contributed by atoms with Gasteiger partial charge in [0.25, 0.3) is 0 Å². The Kier molecular flexibility index (Phi) is 3.50. The molecule has 3 aromatic heterocycles. The quantitative estimate of drug-likeness (QED) is 0.532. The van der Waals surface area contributed by atoms with Gasteiger partial charge < -0.3 is 5.32 Å². The maximum atomic E-state index is 4.76. The Bertz CT molecular complexity index is 1260. The third-order valence-electron chi connectivity index (χ3n) is 4.42. The van der Waals surface area contributed by atoms with E-state index in [1.807, 2.05) is 61.6 Å². The zero-order chi connectivity index (χ0) is 18.2. The molecule has 0 aliphatic heterocycles. The van der Waals surface area contributed by atoms with Gasteiger partial charge in [0, 0.05) is 36.1 Å². The molecule has 0 spiro atoms. The Morgan fingerprint density at radius 2 is 1.74 bits per heavy atom. The highest BCUT2D eigenvalue weighted by molar-refractivity contribution is 5.93. The minimum Gasteiger partial charge on any atom is -0.340 e. The molecule has 7 heteroatoms. The van der Waals surface area contributed by atoms with Crippen LogP contribution >= 0.6 is 0 Å². The van der Waals surface area contributed by atoms with Gasteiger partial charge >= 0.3 is 0 Å². The average Bonchev–Trinajstić information content (AvgIpc) is 3.09. The van der Waals surface area contributed by atoms with Gasteiger partial charge in [-0.3, -0.25) is 4.98 Å². The fourth-order valence-corrected chi connectivity index (χ4v) is 3.06. The summed E-state index contributed by atoms with van der Waals surface area (Å²) in [5.74, 6) is 1.40. The van der Waals surface area contributed by atoms with E-state index >= 15 is 0 Å². The molecule has 5 aromatic rings. The highest BCUT2D eigenvalue weighted by Gasteiger charge is 2.10. The summed E-state index contributed by atoms with van der Waals surface area (Å²) >= 11 is 0. The number of hydrogen-bond donors (Lipinski definition) is 1. The largest absolute Gasteiger partial charge is 0.340 e. The summed E-state index contributed by atoms with van der Waals surface area (Å²) in [5, 5.41) is 12.6. The van der Waals surface area contributed by atoms with Gasteiger partial charge in [0.15, 0.2) is 5.82 Å². The van der Waals surface area contributed by atoms with Crippen LogP contribution in [0.25, 0.3) is 33.3 Å². The molecule has 0 bridgehead atoms. The summed E-state index contributed by atoms with van der Waals surface area (Å²) in [4.78, 5) is 13.5. The van der Waals surface area contributed by atoms with Gasteiger partial charge in [-0.1, -0.05) is 17.3 Å². The van der Waals surface area contributed by atoms with Gasteiger partial charge in [-0.25, -0.2) is 14.6 Å². The predicted octanol–water partition coefficient (Wildman–Crippen LogP) is 3.72. The Morgan fingerprint density at radius 1 is 0.889 bits per heavy atom. The predicted molar refractivity (Wildman–Crippen MR) is 105 cm³/mol. The minimum atomic E-state index is 0.652. The van der Waals surface area contributed by atoms with Crippen molar-refractivity contribution in [3.05, 3.63) is 67.0 Å². The summed E-state index contributed by atoms with van der Waals surface area (Å²) in [6.07, 6.45) is 3.48. The second-order valence-electron chi connectivity index (χ2n) is 6.19. The lowest BCUT2D eigenvalue weighted by atomic mass is 10.2. The fraction of sp³-hybridized carbons (Fsp3) is 0.0500. The SMILES string of the molecule is Cn1nnc2cc(Nc3nc(-c4ccncc4)nc4ccccc34)ccc21. The van der Waals surface area contributed by atoms with Gasteiger partial charge in [-0.05, 0) is 42.5 Å². The van der Waals surface area contributed by atoms with Crippen LogP contribution in [0.15, 0.2) is 67.0 Å². The van der Waals surface area contributed by atoms with Crippen LogP contribution in [0.2, 0.25) is 0 Å². The Morgan fingerprint density at radius 3 is 2.63 bits per heavy atom. The van der Waals surface area contributed by atoms with E-state index in [2.05, 4.69) is 20.6 Å². The molecule has 0 atom stereocenters. The topological polar surface area (TPSA) is 81.4 Å². The van der Waals surface area contributed by atoms with Crippen molar-refractivity contribution in [2.45, 2.75) is 0 Å². The molecule has 2 aromatic carbocycles. The standard InChI is InChI=1S/C20H15N7/c1-27-18-7-6-14(12-17(18)25-26-27)22-20-15-4-2-3-5-16(15)23-19(24-20)13-8-10-21-11-9-13/h2-12H,1H3,(H,22,23,24). The lowest BCUT2D eigenvalue weighted by Crippen LogP contribution is -1.99. The van der Waals surface area contributed by atoms with Gasteiger partial charge in [-0.15, -0.1) is 5.10 Å². The summed E-state index contributed by atoms with van der Waals surface area (Å²) in [5.41, 5.74) is 4.50. The van der Waals surface area contributed by atoms with E-state index in [1.54, 1.807) is 17.1 Å². The van der Waals surface area contributed by atoms with Gasteiger partial charge in [0.05, 0.1) is 11.0 Å². The molecule has 3 heterocycles. The third-order valence-corrected chi connectivity index (χ3v) is 4.42. The molecule has 7 nitrogen and oxygen atoms in total. The van der Waals surface area contributed by atoms with Crippen LogP contribution in [0.1, 0.15) is 0 Å². The highest BCUT2D eigenvalue weighted by atomic mass is 15.4. The van der Waals surface area contributed by atoms with Crippen molar-refractivity contribution < 1.29 is 0 Å². The van der Waals surface area contributed by atoms with Crippen LogP contribution in [0.4, 0.5) is 11.5 Å². The second-order valence-corrected chi connectivity index (χ2v) is 6.19. The average molecular weight is 353 g/mol. The summed E-state index contributed by atoms with van der Waals surface area (Å²) < 4.78 is 1.75. The summed E-state index contributed by atoms with van der Waals surface area (Å²) in [7, 11) is 1.88. The van der Waals surface area contributed by atoms with E-state index in [-0.39, 0.29) is 0 Å². The molecule has 0 amide bonds. The van der Waals surface area contributed by atoms with E-state index < -0.39 is 0 Å². The molecule has 0 unspecified atom stereocenters. The maximum Gasteiger partial charge on any atom is 0.162 e. The number of aromatic nitrogens is 6. The van der Waals surface area contributed by atoms with Crippen molar-refractivity contribution in [2.24, 2.45) is 7.05 Å². The molecule has 0 aliphatic rings. The van der Waals surface area contributed by atoms with Crippen molar-refractivity contribution in [1.29, 1.82) is 0 Å². The first kappa shape index (κ1) is 15.4. The maximum absolute atomic E-state index is 4.76. The number of fused-ring (bicyclic) bond motifs is 2. The smallest absolute Gasteiger partial charge is 0.162 e. The van der Waals surface area contributed by atoms with Crippen molar-refractivity contribution in [3.8, 4) is 11.4 Å². The number of pyridine rings is 1. The normalized spacial score (nSPS) is 11.1. The van der Waals surface area contributed by atoms with Crippen molar-refractivity contribution in [3.63, 3.8) is 0 Å². The Labute approximate surface area is 154 Å². The molecule has 0 saturated carbocycles. The first-order valence-corrected chi connectivity index (χ1v) is 8.51. The molecule has 1 N–H and O–H groups in total. The lowest BCUT2D eigenvalue weighted by Gasteiger charge is -2.11. The van der Waals surface area contributed by atoms with Crippen LogP contribution in [0.3, 0.4) is 0 Å². The van der Waals surface area contributed by atoms with E-state index in [9.17, 15) is 0 Å². The molecule has 0 fully saturated rings. The number of nitrogens with one attached hydrogen (secondary N) is 1. The van der Waals surface area contributed by atoms with Crippen LogP contribution in [-0.2, 0) is 7.05 Å². The zero-order valence-electron chi connectivity index (χ0n) is 14.5. The number of nitrogens with zero attached hydrogens (tertiary/aromatic N) is 6. The van der Waals surface area contributed by atoms with Crippen LogP contribution in [0, 0.1) is 0 Å². The minimum absolute atomic E-state index is 0.652. The number of hydrogen-bond acceptors (Lipinski definition) is 6. The van der Waals surface area contributed by atoms with Crippen LogP contribution in [0.5, 0.6) is 0 Å². The third kappa shape index (κ3) is 2.75. The fourth-order valence-electron chi connectivity index (χ4n) is 3.06. The second kappa shape index (κ2) is 6.14. The first-order valence-electron chi connectivity index (χ1n) is 8.51. The lowest BCUT2D eigenvalue weighted by molar-refractivity contribution is 0.736. The number of aryl methyl sites for hydroxylation is 1. The van der Waals surface area contributed by atoms with E-state index in [4.69, 9.17) is 9.97 Å². The number of para-hydroxylation sites is 1. The van der Waals surface area contributed by atoms with Crippen molar-refractivity contribution >= 4 is 33.4 Å². The molecule has 0 saturated heterocycles. The van der Waals surface area contributed by atoms with E-state index in [0.717, 1.165) is 39.0 Å². The van der Waals surface area contributed by atoms with Crippen molar-refractivity contribution in [2.75, 3.05) is 5.32 Å². The molecule has 5 rings (SSSR count). The molecule has 27 heavy (non-hydrogen) atoms. The number of anilines is 2. The van der Waals surface area contributed by atoms with Crippen molar-refractivity contribution in [1.82, 2.24) is 29.9 Å². The monoisotopic (exact) mass is 353 g/mol. The number of rotatable bonds is 3. The molecule has 0 radical (unpaired) electrons. The van der Waals surface area contributed by atoms with Crippen LogP contribution in [-0.4, -0.2) is 29.9 Å². The summed E-state index contributed by atoms with van der Waals surface area (Å²) in [6.45, 7) is 0.